The van der Waals surface area contributed by atoms with Crippen molar-refractivity contribution in [2.75, 3.05) is 11.4 Å². The number of phenolic OH excluding ortho intramolecular Hbond substituents is 1. The number of aliphatic hydroxyl groups excluding tert-OH is 1. The Kier molecular flexibility index (Phi) is 6.90. The van der Waals surface area contributed by atoms with Crippen molar-refractivity contribution in [1.29, 1.82) is 0 Å². The molecule has 31 heavy (non-hydrogen) atoms. The number of benzene rings is 3. The molecular formula is C23H21ClF2N2O3. The maximum atomic E-state index is 13.3. The highest BCUT2D eigenvalue weighted by Gasteiger charge is 2.48. The highest BCUT2D eigenvalue weighted by Crippen LogP contribution is 2.39. The zero-order valence-corrected chi connectivity index (χ0v) is 17.1. The van der Waals surface area contributed by atoms with Gasteiger partial charge in [-0.05, 0) is 59.7 Å². The van der Waals surface area contributed by atoms with Gasteiger partial charge in [-0.3, -0.25) is 4.79 Å². The summed E-state index contributed by atoms with van der Waals surface area (Å²) in [6.45, 7) is 0.0912. The zero-order valence-electron chi connectivity index (χ0n) is 16.3. The maximum absolute atomic E-state index is 13.3. The summed E-state index contributed by atoms with van der Waals surface area (Å²) in [5, 5.41) is 23.1. The average Bonchev–Trinajstić information content (AvgIpc) is 2.74. The molecule has 3 N–H and O–H groups in total. The van der Waals surface area contributed by atoms with Gasteiger partial charge in [0, 0.05) is 12.2 Å². The lowest BCUT2D eigenvalue weighted by Crippen LogP contribution is -2.65. The first-order valence-corrected chi connectivity index (χ1v) is 9.48. The van der Waals surface area contributed by atoms with Gasteiger partial charge in [-0.2, -0.15) is 0 Å². The van der Waals surface area contributed by atoms with Crippen molar-refractivity contribution in [2.45, 2.75) is 18.2 Å². The minimum atomic E-state index is -0.918. The van der Waals surface area contributed by atoms with Gasteiger partial charge in [0.1, 0.15) is 23.4 Å². The number of hydrogen-bond donors (Lipinski definition) is 3. The van der Waals surface area contributed by atoms with E-state index in [4.69, 9.17) is 0 Å². The monoisotopic (exact) mass is 446 g/mol. The van der Waals surface area contributed by atoms with E-state index in [1.54, 1.807) is 17.0 Å². The third kappa shape index (κ3) is 4.69. The van der Waals surface area contributed by atoms with E-state index < -0.39 is 29.8 Å². The smallest absolute Gasteiger partial charge is 0.247 e. The van der Waals surface area contributed by atoms with E-state index in [1.165, 1.54) is 60.7 Å². The van der Waals surface area contributed by atoms with Crippen LogP contribution >= 0.6 is 12.4 Å². The molecule has 0 aliphatic carbocycles. The highest BCUT2D eigenvalue weighted by molar-refractivity contribution is 6.05. The van der Waals surface area contributed by atoms with Crippen molar-refractivity contribution in [1.82, 2.24) is 5.32 Å². The van der Waals surface area contributed by atoms with E-state index in [0.717, 1.165) is 5.56 Å². The second-order valence-electron chi connectivity index (χ2n) is 7.17. The minimum absolute atomic E-state index is 0. The maximum Gasteiger partial charge on any atom is 0.247 e. The second-order valence-corrected chi connectivity index (χ2v) is 7.17. The number of amides is 1. The molecule has 3 aromatic rings. The lowest BCUT2D eigenvalue weighted by Gasteiger charge is -2.48. The fraction of sp³-hybridized carbons (Fsp3) is 0.174. The molecule has 3 atom stereocenters. The fourth-order valence-electron chi connectivity index (χ4n) is 3.63. The van der Waals surface area contributed by atoms with E-state index in [-0.39, 0.29) is 30.6 Å². The number of β-lactam (4-membered cyclic amide) rings is 1. The summed E-state index contributed by atoms with van der Waals surface area (Å²) in [6.07, 6.45) is -0.918. The second kappa shape index (κ2) is 9.43. The molecule has 3 aromatic carbocycles. The summed E-state index contributed by atoms with van der Waals surface area (Å²) < 4.78 is 26.4. The molecule has 1 aliphatic rings. The SMILES string of the molecule is Cl.O=C1C(NC[C@H](O)c2ccc(F)cc2)C(c2ccc(O)cc2)N1c1ccc(F)cc1. The van der Waals surface area contributed by atoms with Crippen LogP contribution in [0.2, 0.25) is 0 Å². The number of aromatic hydroxyl groups is 1. The van der Waals surface area contributed by atoms with Crippen LogP contribution in [-0.2, 0) is 4.79 Å². The summed E-state index contributed by atoms with van der Waals surface area (Å²) in [6, 6.07) is 16.6. The van der Waals surface area contributed by atoms with E-state index in [0.29, 0.717) is 11.3 Å². The standard InChI is InChI=1S/C23H20F2N2O3.ClH/c24-16-5-1-14(2-6-16)20(29)13-26-21-22(15-3-11-19(28)12-4-15)27(23(21)30)18-9-7-17(25)8-10-18;/h1-12,20-22,26,28-29H,13H2;1H/t20-,21?,22?;/m0./s1. The van der Waals surface area contributed by atoms with Crippen molar-refractivity contribution in [3.05, 3.63) is 95.6 Å². The lowest BCUT2D eigenvalue weighted by atomic mass is 9.87. The van der Waals surface area contributed by atoms with Gasteiger partial charge in [0.15, 0.2) is 0 Å². The molecule has 4 rings (SSSR count). The molecule has 1 heterocycles. The number of carbonyl (C=O) groups excluding carboxylic acids is 1. The molecule has 2 unspecified atom stereocenters. The predicted octanol–water partition coefficient (Wildman–Crippen LogP) is 3.87. The molecule has 0 bridgehead atoms. The van der Waals surface area contributed by atoms with Crippen LogP contribution < -0.4 is 10.2 Å². The number of nitrogens with zero attached hydrogens (tertiary/aromatic N) is 1. The van der Waals surface area contributed by atoms with Gasteiger partial charge in [-0.1, -0.05) is 24.3 Å². The van der Waals surface area contributed by atoms with E-state index in [9.17, 15) is 23.8 Å². The van der Waals surface area contributed by atoms with Crippen LogP contribution in [0.5, 0.6) is 5.75 Å². The van der Waals surface area contributed by atoms with Crippen molar-refractivity contribution in [3.63, 3.8) is 0 Å². The Morgan fingerprint density at radius 2 is 1.45 bits per heavy atom. The van der Waals surface area contributed by atoms with Crippen molar-refractivity contribution >= 4 is 24.0 Å². The quantitative estimate of drug-likeness (QED) is 0.503. The van der Waals surface area contributed by atoms with Crippen molar-refractivity contribution in [3.8, 4) is 5.75 Å². The van der Waals surface area contributed by atoms with Gasteiger partial charge in [0.05, 0.1) is 12.1 Å². The number of nitrogens with one attached hydrogen (secondary N) is 1. The number of halogens is 3. The minimum Gasteiger partial charge on any atom is -0.508 e. The molecular weight excluding hydrogens is 426 g/mol. The Balaban J connectivity index is 0.00000272. The van der Waals surface area contributed by atoms with Gasteiger partial charge >= 0.3 is 0 Å². The Labute approximate surface area is 184 Å². The summed E-state index contributed by atoms with van der Waals surface area (Å²) >= 11 is 0. The molecule has 1 aliphatic heterocycles. The summed E-state index contributed by atoms with van der Waals surface area (Å²) in [7, 11) is 0. The van der Waals surface area contributed by atoms with Crippen LogP contribution in [0.1, 0.15) is 23.3 Å². The largest absolute Gasteiger partial charge is 0.508 e. The molecule has 8 heteroatoms. The number of aliphatic hydroxyl groups is 1. The summed E-state index contributed by atoms with van der Waals surface area (Å²) in [5.74, 6) is -0.902. The van der Waals surface area contributed by atoms with E-state index >= 15 is 0 Å². The molecule has 5 nitrogen and oxygen atoms in total. The van der Waals surface area contributed by atoms with Gasteiger partial charge in [0.2, 0.25) is 5.91 Å². The number of carbonyl (C=O) groups is 1. The fourth-order valence-corrected chi connectivity index (χ4v) is 3.63. The third-order valence-corrected chi connectivity index (χ3v) is 5.22. The number of phenols is 1. The Bertz CT molecular complexity index is 1030. The van der Waals surface area contributed by atoms with Gasteiger partial charge in [-0.15, -0.1) is 12.4 Å². The van der Waals surface area contributed by atoms with Gasteiger partial charge in [-0.25, -0.2) is 8.78 Å². The summed E-state index contributed by atoms with van der Waals surface area (Å²) in [4.78, 5) is 14.4. The number of rotatable bonds is 6. The first kappa shape index (κ1) is 22.7. The summed E-state index contributed by atoms with van der Waals surface area (Å²) in [5.41, 5.74) is 1.87. The van der Waals surface area contributed by atoms with Crippen molar-refractivity contribution < 1.29 is 23.8 Å². The molecule has 0 aromatic heterocycles. The van der Waals surface area contributed by atoms with Gasteiger partial charge < -0.3 is 20.4 Å². The van der Waals surface area contributed by atoms with Crippen LogP contribution in [-0.4, -0.2) is 28.7 Å². The predicted molar refractivity (Wildman–Crippen MR) is 115 cm³/mol. The number of anilines is 1. The topological polar surface area (TPSA) is 72.8 Å². The molecule has 1 amide bonds. The molecule has 162 valence electrons. The Morgan fingerprint density at radius 3 is 2.03 bits per heavy atom. The van der Waals surface area contributed by atoms with Crippen molar-refractivity contribution in [2.24, 2.45) is 0 Å². The Hall–Kier alpha value is -3.00. The molecule has 0 radical (unpaired) electrons. The molecule has 1 fully saturated rings. The van der Waals surface area contributed by atoms with Crippen LogP contribution in [0.3, 0.4) is 0 Å². The Morgan fingerprint density at radius 1 is 0.903 bits per heavy atom. The van der Waals surface area contributed by atoms with E-state index in [1.807, 2.05) is 0 Å². The first-order chi connectivity index (χ1) is 14.4. The van der Waals surface area contributed by atoms with Crippen LogP contribution in [0.25, 0.3) is 0 Å². The lowest BCUT2D eigenvalue weighted by molar-refractivity contribution is -0.127. The highest BCUT2D eigenvalue weighted by atomic mass is 35.5. The van der Waals surface area contributed by atoms with Crippen LogP contribution in [0.15, 0.2) is 72.8 Å². The van der Waals surface area contributed by atoms with Crippen LogP contribution in [0, 0.1) is 11.6 Å². The first-order valence-electron chi connectivity index (χ1n) is 9.48. The zero-order chi connectivity index (χ0) is 21.3. The normalized spacial score (nSPS) is 18.8. The average molecular weight is 447 g/mol. The molecule has 0 spiro atoms. The van der Waals surface area contributed by atoms with Crippen LogP contribution in [0.4, 0.5) is 14.5 Å². The molecule has 0 saturated carbocycles. The molecule has 1 saturated heterocycles. The third-order valence-electron chi connectivity index (χ3n) is 5.22. The number of hydrogen-bond acceptors (Lipinski definition) is 4. The van der Waals surface area contributed by atoms with Gasteiger partial charge in [0.25, 0.3) is 0 Å². The van der Waals surface area contributed by atoms with E-state index in [2.05, 4.69) is 5.32 Å².